The van der Waals surface area contributed by atoms with Crippen molar-refractivity contribution in [3.8, 4) is 6.07 Å². The van der Waals surface area contributed by atoms with Gasteiger partial charge in [-0.25, -0.2) is 0 Å². The van der Waals surface area contributed by atoms with Gasteiger partial charge in [-0.15, -0.1) is 0 Å². The van der Waals surface area contributed by atoms with E-state index in [4.69, 9.17) is 9.37 Å². The summed E-state index contributed by atoms with van der Waals surface area (Å²) >= 11 is 0. The Morgan fingerprint density at radius 2 is 0.417 bits per heavy atom. The molecule has 2 saturated carbocycles. The third-order valence-corrected chi connectivity index (χ3v) is 9.55. The summed E-state index contributed by atoms with van der Waals surface area (Å²) in [4.78, 5) is 0. The standard InChI is InChI=1S/C32H12BF24.2C5H5.C2H3N.CH3.Zr/c34-25(35,36)13-1-14(26(37,38)39)6-21(5-13)33(22-7-15(27(40,41)42)2-16(8-22)28(43,44)45,23-9-17(29(46,47)48)3-18(10-23)30(49,50)51)24-11-19(31(52,53)54)4-20(12-24)32(55,56)57;2*1-2-4-5-3-1;1-2-3;;/h1-12H;2*1-5H;1H3;1H3;/q-1;;;;-1;+2/i;;;1D3;;. The van der Waals surface area contributed by atoms with Gasteiger partial charge in [-0.2, -0.15) is 132 Å². The molecule has 388 valence electrons. The number of halogens is 24. The molecule has 0 aromatic heterocycles. The van der Waals surface area contributed by atoms with E-state index in [1.54, 1.807) is 0 Å². The first-order chi connectivity index (χ1) is 32.8. The average molecular weight is 1140 g/mol. The molecular weight excluding hydrogens is 1110 g/mol. The second-order valence-corrected chi connectivity index (χ2v) is 14.3. The van der Waals surface area contributed by atoms with Gasteiger partial charge in [0.05, 0.1) is 50.6 Å². The molecule has 10 radical (unpaired) electrons. The van der Waals surface area contributed by atoms with Crippen LogP contribution in [0.25, 0.3) is 0 Å². The fourth-order valence-corrected chi connectivity index (χ4v) is 6.71. The molecule has 0 bridgehead atoms. The first-order valence-corrected chi connectivity index (χ1v) is 18.4. The van der Waals surface area contributed by atoms with Crippen LogP contribution in [0.5, 0.6) is 0 Å². The summed E-state index contributed by atoms with van der Waals surface area (Å²) in [5.74, 6) is 0. The molecule has 0 spiro atoms. The van der Waals surface area contributed by atoms with Crippen molar-refractivity contribution in [3.05, 3.63) is 189 Å². The fraction of sp³-hybridized carbons (Fsp3) is 0.200. The van der Waals surface area contributed by atoms with E-state index in [1.807, 2.05) is 64.2 Å². The van der Waals surface area contributed by atoms with Gasteiger partial charge in [-0.1, -0.05) is 48.5 Å². The Morgan fingerprint density at radius 3 is 0.500 bits per heavy atom. The maximum absolute atomic E-state index is 14.2. The van der Waals surface area contributed by atoms with E-state index in [2.05, 4.69) is 0 Å². The molecule has 2 aliphatic rings. The zero-order chi connectivity index (χ0) is 56.2. The third kappa shape index (κ3) is 17.4. The summed E-state index contributed by atoms with van der Waals surface area (Å²) in [6.07, 6.45) is -34.8. The van der Waals surface area contributed by atoms with Crippen molar-refractivity contribution < 1.29 is 136 Å². The van der Waals surface area contributed by atoms with Crippen molar-refractivity contribution in [3.63, 3.8) is 0 Å². The van der Waals surface area contributed by atoms with Crippen LogP contribution in [0.4, 0.5) is 105 Å². The molecule has 0 saturated heterocycles. The zero-order valence-corrected chi connectivity index (χ0v) is 37.8. The summed E-state index contributed by atoms with van der Waals surface area (Å²) in [7, 11) is 0. The first kappa shape index (κ1) is 60.2. The Kier molecular flexibility index (Phi) is 20.3. The largest absolute Gasteiger partial charge is 2.00 e. The Labute approximate surface area is 419 Å². The van der Waals surface area contributed by atoms with Crippen LogP contribution in [-0.2, 0) is 75.6 Å². The van der Waals surface area contributed by atoms with Crippen LogP contribution in [0.1, 0.15) is 55.5 Å². The molecule has 2 aliphatic carbocycles. The molecule has 4 aromatic rings. The molecule has 0 aliphatic heterocycles. The molecule has 0 amide bonds. The van der Waals surface area contributed by atoms with E-state index < -0.39 is 202 Å². The number of nitriles is 1. The van der Waals surface area contributed by atoms with Gasteiger partial charge < -0.3 is 7.43 Å². The zero-order valence-electron chi connectivity index (χ0n) is 38.3. The van der Waals surface area contributed by atoms with Crippen molar-refractivity contribution in [2.45, 2.75) is 56.3 Å². The van der Waals surface area contributed by atoms with Gasteiger partial charge in [0, 0.05) is 11.0 Å². The topological polar surface area (TPSA) is 23.8 Å². The van der Waals surface area contributed by atoms with Crippen LogP contribution in [0.2, 0.25) is 0 Å². The predicted octanol–water partition coefficient (Wildman–Crippen LogP) is 14.2. The molecule has 0 heterocycles. The van der Waals surface area contributed by atoms with E-state index >= 15 is 0 Å². The Bertz CT molecular complexity index is 2070. The van der Waals surface area contributed by atoms with E-state index in [1.165, 1.54) is 0 Å². The Balaban J connectivity index is 0.00000133. The molecule has 0 unspecified atom stereocenters. The van der Waals surface area contributed by atoms with Gasteiger partial charge >= 0.3 is 75.6 Å². The molecule has 1 nitrogen and oxygen atoms in total. The summed E-state index contributed by atoms with van der Waals surface area (Å²) in [6.45, 7) is -2.40. The number of rotatable bonds is 4. The number of hydrogen-bond donors (Lipinski definition) is 0. The molecule has 72 heavy (non-hydrogen) atoms. The van der Waals surface area contributed by atoms with Crippen LogP contribution in [0.15, 0.2) is 72.8 Å². The molecule has 0 N–H and O–H groups in total. The Hall–Kier alpha value is -4.36. The maximum atomic E-state index is 14.2. The minimum Gasteiger partial charge on any atom is -0.358 e. The monoisotopic (exact) mass is 1140 g/mol. The first-order valence-electron chi connectivity index (χ1n) is 19.9. The predicted molar refractivity (Wildman–Crippen MR) is 211 cm³/mol. The summed E-state index contributed by atoms with van der Waals surface area (Å²) in [5.41, 5.74) is -30.2. The van der Waals surface area contributed by atoms with E-state index in [0.717, 1.165) is 6.07 Å². The SMILES string of the molecule is FC(F)(F)c1cc([B-](c2cc(C(F)(F)F)cc(C(F)(F)F)c2)(c2cc(C(F)(F)F)cc(C(F)(F)F)c2)c2cc(C(F)(F)F)cc(C(F)(F)F)c2)cc(C(F)(F)F)c1.[2H]C([2H])([2H])C#N.[CH3-].[CH]1[CH][CH][CH][CH]1.[CH]1[CH][CH][CH][CH]1.[Zr+2]. The maximum Gasteiger partial charge on any atom is 2.00 e. The van der Waals surface area contributed by atoms with E-state index in [9.17, 15) is 105 Å². The molecule has 2 fully saturated rings. The van der Waals surface area contributed by atoms with Crippen molar-refractivity contribution in [2.75, 3.05) is 0 Å². The third-order valence-electron chi connectivity index (χ3n) is 9.55. The quantitative estimate of drug-likeness (QED) is 0.113. The van der Waals surface area contributed by atoms with Gasteiger partial charge in [0.25, 0.3) is 0 Å². The molecule has 0 atom stereocenters. The minimum absolute atomic E-state index is 0. The smallest absolute Gasteiger partial charge is 0.358 e. The summed E-state index contributed by atoms with van der Waals surface area (Å²) in [6, 6.07) is -7.71. The number of nitrogens with zero attached hydrogens (tertiary/aromatic N) is 1. The van der Waals surface area contributed by atoms with Gasteiger partial charge in [0.2, 0.25) is 0 Å². The van der Waals surface area contributed by atoms with Crippen LogP contribution in [-0.4, -0.2) is 6.15 Å². The number of alkyl halides is 24. The number of benzene rings is 4. The van der Waals surface area contributed by atoms with Crippen LogP contribution < -0.4 is 21.9 Å². The number of hydrogen-bond acceptors (Lipinski definition) is 1. The van der Waals surface area contributed by atoms with Gasteiger partial charge in [-0.3, -0.25) is 0 Å². The fourth-order valence-electron chi connectivity index (χ4n) is 6.71. The van der Waals surface area contributed by atoms with E-state index in [0.29, 0.717) is 0 Å². The van der Waals surface area contributed by atoms with Crippen LogP contribution in [0, 0.1) is 83.0 Å². The second-order valence-electron chi connectivity index (χ2n) is 14.3. The van der Waals surface area contributed by atoms with Crippen molar-refractivity contribution in [2.24, 2.45) is 0 Å². The summed E-state index contributed by atoms with van der Waals surface area (Å²) in [5, 5.41) is 7.59. The molecular formula is C45H28BF24NZr. The van der Waals surface area contributed by atoms with Crippen molar-refractivity contribution in [1.29, 1.82) is 5.26 Å². The van der Waals surface area contributed by atoms with Crippen LogP contribution in [0.3, 0.4) is 0 Å². The minimum atomic E-state index is -6.13. The summed E-state index contributed by atoms with van der Waals surface area (Å²) < 4.78 is 359. The van der Waals surface area contributed by atoms with Crippen molar-refractivity contribution in [1.82, 2.24) is 0 Å². The Morgan fingerprint density at radius 1 is 0.306 bits per heavy atom. The van der Waals surface area contributed by atoms with Crippen LogP contribution >= 0.6 is 0 Å². The van der Waals surface area contributed by atoms with E-state index in [-0.39, 0.29) is 33.6 Å². The second kappa shape index (κ2) is 24.3. The van der Waals surface area contributed by atoms with Gasteiger partial charge in [-0.05, 0) is 88.5 Å². The molecule has 4 aromatic carbocycles. The average Bonchev–Trinajstić information content (AvgIpc) is 4.02. The molecule has 27 heteroatoms. The van der Waals surface area contributed by atoms with Crippen molar-refractivity contribution >= 4 is 28.0 Å². The molecule has 6 rings (SSSR count). The van der Waals surface area contributed by atoms with Gasteiger partial charge in [0.1, 0.15) is 6.15 Å². The van der Waals surface area contributed by atoms with Gasteiger partial charge in [0.15, 0.2) is 0 Å². The normalized spacial score (nSPS) is 15.6.